The Morgan fingerprint density at radius 2 is 1.88 bits per heavy atom. The molecule has 7 heteroatoms. The van der Waals surface area contributed by atoms with Gasteiger partial charge in [0.05, 0.1) is 17.5 Å². The van der Waals surface area contributed by atoms with Gasteiger partial charge in [-0.25, -0.2) is 13.6 Å². The molecule has 0 saturated heterocycles. The monoisotopic (exact) mass is 360 g/mol. The average molecular weight is 360 g/mol. The van der Waals surface area contributed by atoms with Gasteiger partial charge < -0.3 is 10.1 Å². The normalized spacial score (nSPS) is 16.6. The van der Waals surface area contributed by atoms with Crippen molar-refractivity contribution in [3.05, 3.63) is 59.7 Å². The summed E-state index contributed by atoms with van der Waals surface area (Å²) < 4.78 is 28.1. The van der Waals surface area contributed by atoms with Gasteiger partial charge in [-0.05, 0) is 30.2 Å². The molecular weight excluding hydrogens is 340 g/mol. The molecule has 0 radical (unpaired) electrons. The van der Waals surface area contributed by atoms with E-state index in [-0.39, 0.29) is 16.8 Å². The van der Waals surface area contributed by atoms with Crippen LogP contribution in [0.4, 0.5) is 0 Å². The molecule has 1 amide bonds. The Labute approximate surface area is 147 Å². The van der Waals surface area contributed by atoms with Gasteiger partial charge in [0.1, 0.15) is 5.75 Å². The van der Waals surface area contributed by atoms with Crippen molar-refractivity contribution in [2.75, 3.05) is 6.61 Å². The standard InChI is InChI=1S/C18H20N2O4S/c19-25(22,23)14-8-5-13(6-9-14)7-10-18(21)20-16-11-12-24-17-4-2-1-3-15(16)17/h1-6,8-9,16H,7,10-12H2,(H,20,21)(H2,19,22,23). The molecule has 0 spiro atoms. The molecule has 1 unspecified atom stereocenters. The van der Waals surface area contributed by atoms with Crippen molar-refractivity contribution in [2.24, 2.45) is 5.14 Å². The highest BCUT2D eigenvalue weighted by atomic mass is 32.2. The number of nitrogens with two attached hydrogens (primary N) is 1. The summed E-state index contributed by atoms with van der Waals surface area (Å²) in [6.07, 6.45) is 1.60. The molecule has 0 aromatic heterocycles. The second-order valence-electron chi connectivity index (χ2n) is 5.98. The quantitative estimate of drug-likeness (QED) is 0.851. The topological polar surface area (TPSA) is 98.5 Å². The van der Waals surface area contributed by atoms with Gasteiger partial charge >= 0.3 is 0 Å². The fourth-order valence-electron chi connectivity index (χ4n) is 2.86. The van der Waals surface area contributed by atoms with Crippen LogP contribution >= 0.6 is 0 Å². The summed E-state index contributed by atoms with van der Waals surface area (Å²) >= 11 is 0. The number of fused-ring (bicyclic) bond motifs is 1. The van der Waals surface area contributed by atoms with Crippen molar-refractivity contribution in [3.8, 4) is 5.75 Å². The molecule has 132 valence electrons. The number of amides is 1. The van der Waals surface area contributed by atoms with E-state index >= 15 is 0 Å². The highest BCUT2D eigenvalue weighted by Gasteiger charge is 2.22. The van der Waals surface area contributed by atoms with E-state index in [0.29, 0.717) is 19.4 Å². The summed E-state index contributed by atoms with van der Waals surface area (Å²) in [6, 6.07) is 13.9. The zero-order valence-corrected chi connectivity index (χ0v) is 14.5. The number of rotatable bonds is 5. The third-order valence-electron chi connectivity index (χ3n) is 4.19. The van der Waals surface area contributed by atoms with Gasteiger partial charge in [0.15, 0.2) is 0 Å². The van der Waals surface area contributed by atoms with E-state index in [1.807, 2.05) is 24.3 Å². The van der Waals surface area contributed by atoms with Crippen LogP contribution in [0.2, 0.25) is 0 Å². The number of para-hydroxylation sites is 1. The van der Waals surface area contributed by atoms with Crippen molar-refractivity contribution in [3.63, 3.8) is 0 Å². The number of carbonyl (C=O) groups excluding carboxylic acids is 1. The maximum absolute atomic E-state index is 12.3. The van der Waals surface area contributed by atoms with Crippen LogP contribution in [0.1, 0.15) is 30.0 Å². The second-order valence-corrected chi connectivity index (χ2v) is 7.55. The first-order valence-electron chi connectivity index (χ1n) is 8.06. The Morgan fingerprint density at radius 3 is 2.60 bits per heavy atom. The SMILES string of the molecule is NS(=O)(=O)c1ccc(CCC(=O)NC2CCOc3ccccc32)cc1. The van der Waals surface area contributed by atoms with Crippen LogP contribution in [0.15, 0.2) is 53.4 Å². The van der Waals surface area contributed by atoms with Gasteiger partial charge in [-0.15, -0.1) is 0 Å². The van der Waals surface area contributed by atoms with E-state index in [9.17, 15) is 13.2 Å². The van der Waals surface area contributed by atoms with E-state index in [1.165, 1.54) is 12.1 Å². The molecule has 0 aliphatic carbocycles. The summed E-state index contributed by atoms with van der Waals surface area (Å²) in [6.45, 7) is 0.580. The molecule has 6 nitrogen and oxygen atoms in total. The van der Waals surface area contributed by atoms with Crippen LogP contribution in [0.25, 0.3) is 0 Å². The van der Waals surface area contributed by atoms with Crippen molar-refractivity contribution in [2.45, 2.75) is 30.2 Å². The number of ether oxygens (including phenoxy) is 1. The number of sulfonamides is 1. The molecule has 2 aromatic rings. The third kappa shape index (κ3) is 4.37. The van der Waals surface area contributed by atoms with Crippen LogP contribution in [0.3, 0.4) is 0 Å². The Hall–Kier alpha value is -2.38. The molecule has 1 atom stereocenters. The molecule has 1 heterocycles. The average Bonchev–Trinajstić information content (AvgIpc) is 2.60. The number of aryl methyl sites for hydroxylation is 1. The van der Waals surface area contributed by atoms with Crippen LogP contribution < -0.4 is 15.2 Å². The lowest BCUT2D eigenvalue weighted by Crippen LogP contribution is -2.32. The second kappa shape index (κ2) is 7.25. The van der Waals surface area contributed by atoms with E-state index in [4.69, 9.17) is 9.88 Å². The molecule has 3 rings (SSSR count). The van der Waals surface area contributed by atoms with Gasteiger partial charge in [-0.2, -0.15) is 0 Å². The molecule has 1 aliphatic heterocycles. The van der Waals surface area contributed by atoms with Crippen molar-refractivity contribution < 1.29 is 17.9 Å². The molecule has 25 heavy (non-hydrogen) atoms. The minimum absolute atomic E-state index is 0.0396. The van der Waals surface area contributed by atoms with Gasteiger partial charge in [-0.3, -0.25) is 4.79 Å². The lowest BCUT2D eigenvalue weighted by atomic mass is 10.00. The first-order valence-corrected chi connectivity index (χ1v) is 9.61. The largest absolute Gasteiger partial charge is 0.493 e. The van der Waals surface area contributed by atoms with Gasteiger partial charge in [0.25, 0.3) is 0 Å². The van der Waals surface area contributed by atoms with Crippen LogP contribution in [0.5, 0.6) is 5.75 Å². The molecule has 3 N–H and O–H groups in total. The van der Waals surface area contributed by atoms with E-state index < -0.39 is 10.0 Å². The number of benzene rings is 2. The Kier molecular flexibility index (Phi) is 5.06. The zero-order valence-electron chi connectivity index (χ0n) is 13.6. The Morgan fingerprint density at radius 1 is 1.16 bits per heavy atom. The highest BCUT2D eigenvalue weighted by molar-refractivity contribution is 7.89. The summed E-state index contributed by atoms with van der Waals surface area (Å²) in [5, 5.41) is 8.12. The van der Waals surface area contributed by atoms with Crippen molar-refractivity contribution >= 4 is 15.9 Å². The van der Waals surface area contributed by atoms with Crippen LogP contribution in [-0.4, -0.2) is 20.9 Å². The number of carbonyl (C=O) groups is 1. The molecular formula is C18H20N2O4S. The first-order chi connectivity index (χ1) is 11.9. The summed E-state index contributed by atoms with van der Waals surface area (Å²) in [4.78, 5) is 12.3. The van der Waals surface area contributed by atoms with Crippen molar-refractivity contribution in [1.82, 2.24) is 5.32 Å². The lowest BCUT2D eigenvalue weighted by molar-refractivity contribution is -0.122. The van der Waals surface area contributed by atoms with Gasteiger partial charge in [-0.1, -0.05) is 30.3 Å². The maximum Gasteiger partial charge on any atom is 0.238 e. The fraction of sp³-hybridized carbons (Fsp3) is 0.278. The fourth-order valence-corrected chi connectivity index (χ4v) is 3.38. The van der Waals surface area contributed by atoms with Crippen molar-refractivity contribution in [1.29, 1.82) is 0 Å². The predicted octanol–water partition coefficient (Wildman–Crippen LogP) is 1.91. The molecule has 0 bridgehead atoms. The van der Waals surface area contributed by atoms with E-state index in [1.54, 1.807) is 12.1 Å². The van der Waals surface area contributed by atoms with Gasteiger partial charge in [0, 0.05) is 18.4 Å². The Balaban J connectivity index is 1.57. The smallest absolute Gasteiger partial charge is 0.238 e. The minimum atomic E-state index is -3.69. The third-order valence-corrected chi connectivity index (χ3v) is 5.12. The number of hydrogen-bond acceptors (Lipinski definition) is 4. The van der Waals surface area contributed by atoms with Gasteiger partial charge in [0.2, 0.25) is 15.9 Å². The molecule has 0 saturated carbocycles. The zero-order chi connectivity index (χ0) is 17.9. The number of hydrogen-bond donors (Lipinski definition) is 2. The summed E-state index contributed by atoms with van der Waals surface area (Å²) in [5.74, 6) is 0.773. The van der Waals surface area contributed by atoms with Crippen LogP contribution in [-0.2, 0) is 21.2 Å². The first kappa shape index (κ1) is 17.4. The molecule has 1 aliphatic rings. The van der Waals surface area contributed by atoms with E-state index in [0.717, 1.165) is 23.3 Å². The summed E-state index contributed by atoms with van der Waals surface area (Å²) in [5.41, 5.74) is 1.88. The molecule has 2 aromatic carbocycles. The lowest BCUT2D eigenvalue weighted by Gasteiger charge is -2.26. The maximum atomic E-state index is 12.3. The summed E-state index contributed by atoms with van der Waals surface area (Å²) in [7, 11) is -3.69. The number of nitrogens with one attached hydrogen (secondary N) is 1. The van der Waals surface area contributed by atoms with E-state index in [2.05, 4.69) is 5.32 Å². The minimum Gasteiger partial charge on any atom is -0.493 e. The van der Waals surface area contributed by atoms with Crippen LogP contribution in [0, 0.1) is 0 Å². The highest BCUT2D eigenvalue weighted by Crippen LogP contribution is 2.31. The predicted molar refractivity (Wildman–Crippen MR) is 93.6 cm³/mol. The number of primary sulfonamides is 1. The Bertz CT molecular complexity index is 863. The molecule has 0 fully saturated rings.